The lowest BCUT2D eigenvalue weighted by Crippen LogP contribution is -2.19. The van der Waals surface area contributed by atoms with Crippen LogP contribution in [-0.2, 0) is 25.9 Å². The molecule has 124 valence electrons. The van der Waals surface area contributed by atoms with Crippen LogP contribution in [0.1, 0.15) is 35.5 Å². The maximum Gasteiger partial charge on any atom is 0.0891 e. The zero-order chi connectivity index (χ0) is 16.5. The predicted molar refractivity (Wildman–Crippen MR) is 97.2 cm³/mol. The molecule has 24 heavy (non-hydrogen) atoms. The topological polar surface area (TPSA) is 44.8 Å². The van der Waals surface area contributed by atoms with Gasteiger partial charge in [-0.25, -0.2) is 4.98 Å². The zero-order valence-electron chi connectivity index (χ0n) is 13.8. The first-order valence-corrected chi connectivity index (χ1v) is 8.86. The number of fused-ring (bicyclic) bond motifs is 2. The second-order valence-electron chi connectivity index (χ2n) is 6.62. The molecule has 3 aromatic rings. The molecule has 0 aliphatic heterocycles. The van der Waals surface area contributed by atoms with Gasteiger partial charge in [0.25, 0.3) is 0 Å². The van der Waals surface area contributed by atoms with Crippen molar-refractivity contribution in [3.05, 3.63) is 58.0 Å². The number of hydrogen-bond acceptors (Lipinski definition) is 3. The van der Waals surface area contributed by atoms with Crippen molar-refractivity contribution in [3.8, 4) is 0 Å². The van der Waals surface area contributed by atoms with E-state index in [1.54, 1.807) is 0 Å². The van der Waals surface area contributed by atoms with Gasteiger partial charge >= 0.3 is 0 Å². The summed E-state index contributed by atoms with van der Waals surface area (Å²) in [6.07, 6.45) is 4.83. The Kier molecular flexibility index (Phi) is 4.25. The lowest BCUT2D eigenvalue weighted by molar-refractivity contribution is 0.310. The van der Waals surface area contributed by atoms with E-state index in [4.69, 9.17) is 16.6 Å². The molecule has 1 aromatic carbocycles. The smallest absolute Gasteiger partial charge is 0.0891 e. The third kappa shape index (κ3) is 3.04. The Morgan fingerprint density at radius 2 is 2.00 bits per heavy atom. The summed E-state index contributed by atoms with van der Waals surface area (Å²) in [7, 11) is 2.11. The number of rotatable bonds is 4. The third-order valence-corrected chi connectivity index (χ3v) is 5.03. The summed E-state index contributed by atoms with van der Waals surface area (Å²) in [4.78, 5) is 6.99. The first-order valence-electron chi connectivity index (χ1n) is 8.48. The number of aryl methyl sites for hydroxylation is 1. The Bertz CT molecular complexity index is 871. The van der Waals surface area contributed by atoms with Crippen LogP contribution in [0.3, 0.4) is 0 Å². The van der Waals surface area contributed by atoms with Gasteiger partial charge < -0.3 is 0 Å². The predicted octanol–water partition coefficient (Wildman–Crippen LogP) is 4.12. The Hall–Kier alpha value is -1.91. The van der Waals surface area contributed by atoms with Gasteiger partial charge in [0.05, 0.1) is 21.9 Å². The molecule has 4 rings (SSSR count). The second kappa shape index (κ2) is 6.54. The maximum atomic E-state index is 6.27. The van der Waals surface area contributed by atoms with Gasteiger partial charge in [-0.1, -0.05) is 29.8 Å². The van der Waals surface area contributed by atoms with Gasteiger partial charge in [-0.05, 0) is 50.4 Å². The first-order chi connectivity index (χ1) is 11.7. The van der Waals surface area contributed by atoms with Crippen molar-refractivity contribution in [1.29, 1.82) is 0 Å². The molecule has 0 saturated carbocycles. The molecule has 0 bridgehead atoms. The van der Waals surface area contributed by atoms with E-state index < -0.39 is 0 Å². The highest BCUT2D eigenvalue weighted by atomic mass is 35.5. The van der Waals surface area contributed by atoms with Crippen LogP contribution in [-0.4, -0.2) is 27.1 Å². The van der Waals surface area contributed by atoms with Gasteiger partial charge in [0.1, 0.15) is 0 Å². The molecule has 1 aliphatic carbocycles. The fourth-order valence-corrected chi connectivity index (χ4v) is 3.73. The maximum absolute atomic E-state index is 6.27. The third-order valence-electron chi connectivity index (χ3n) is 4.72. The molecular weight excluding hydrogens is 320 g/mol. The second-order valence-corrected chi connectivity index (χ2v) is 7.03. The summed E-state index contributed by atoms with van der Waals surface area (Å²) in [6.45, 7) is 1.62. The minimum atomic E-state index is 0.707. The number of aromatic amines is 1. The Morgan fingerprint density at radius 3 is 2.92 bits per heavy atom. The summed E-state index contributed by atoms with van der Waals surface area (Å²) in [5, 5.41) is 9.54. The van der Waals surface area contributed by atoms with Crippen LogP contribution < -0.4 is 0 Å². The van der Waals surface area contributed by atoms with Gasteiger partial charge in [0.15, 0.2) is 0 Å². The Balaban J connectivity index is 1.51. The van der Waals surface area contributed by atoms with Crippen molar-refractivity contribution < 1.29 is 0 Å². The highest BCUT2D eigenvalue weighted by molar-refractivity contribution is 6.35. The molecule has 0 amide bonds. The molecule has 2 heterocycles. The standard InChI is InChI=1S/C19H21ClN4/c1-24(12-18-15-6-2-3-8-17(15)22-23-18)11-14-10-9-13-5-4-7-16(20)19(13)21-14/h4-5,7,9-10H,2-3,6,8,11-12H2,1H3,(H,22,23). The number of H-pyrrole nitrogens is 1. The monoisotopic (exact) mass is 340 g/mol. The fraction of sp³-hybridized carbons (Fsp3) is 0.368. The van der Waals surface area contributed by atoms with Crippen molar-refractivity contribution in [3.63, 3.8) is 0 Å². The van der Waals surface area contributed by atoms with E-state index in [0.717, 1.165) is 42.5 Å². The highest BCUT2D eigenvalue weighted by Crippen LogP contribution is 2.24. The molecule has 0 spiro atoms. The van der Waals surface area contributed by atoms with Gasteiger partial charge in [0.2, 0.25) is 0 Å². The number of hydrogen-bond donors (Lipinski definition) is 1. The van der Waals surface area contributed by atoms with E-state index in [1.807, 2.05) is 18.2 Å². The van der Waals surface area contributed by atoms with E-state index in [9.17, 15) is 0 Å². The van der Waals surface area contributed by atoms with Crippen LogP contribution >= 0.6 is 11.6 Å². The number of aromatic nitrogens is 3. The lowest BCUT2D eigenvalue weighted by atomic mass is 9.96. The van der Waals surface area contributed by atoms with E-state index in [-0.39, 0.29) is 0 Å². The fourth-order valence-electron chi connectivity index (χ4n) is 3.51. The van der Waals surface area contributed by atoms with E-state index in [2.05, 4.69) is 34.3 Å². The molecular formula is C19H21ClN4. The number of halogens is 1. The summed E-state index contributed by atoms with van der Waals surface area (Å²) < 4.78 is 0. The molecule has 1 aliphatic rings. The molecule has 0 atom stereocenters. The normalized spacial score (nSPS) is 14.3. The van der Waals surface area contributed by atoms with Crippen molar-refractivity contribution in [2.45, 2.75) is 38.8 Å². The van der Waals surface area contributed by atoms with Crippen molar-refractivity contribution >= 4 is 22.5 Å². The SMILES string of the molecule is CN(Cc1ccc2cccc(Cl)c2n1)Cc1n[nH]c2c1CCCC2. The highest BCUT2D eigenvalue weighted by Gasteiger charge is 2.17. The summed E-state index contributed by atoms with van der Waals surface area (Å²) in [5.41, 5.74) is 5.86. The Morgan fingerprint density at radius 1 is 1.12 bits per heavy atom. The minimum Gasteiger partial charge on any atom is -0.295 e. The number of pyridine rings is 1. The molecule has 4 nitrogen and oxygen atoms in total. The molecule has 0 saturated heterocycles. The summed E-state index contributed by atoms with van der Waals surface area (Å²) >= 11 is 6.27. The van der Waals surface area contributed by atoms with E-state index >= 15 is 0 Å². The number of benzene rings is 1. The van der Waals surface area contributed by atoms with E-state index in [0.29, 0.717) is 5.02 Å². The average Bonchev–Trinajstić information content (AvgIpc) is 2.99. The summed E-state index contributed by atoms with van der Waals surface area (Å²) in [5.74, 6) is 0. The molecule has 5 heteroatoms. The van der Waals surface area contributed by atoms with Crippen molar-refractivity contribution in [1.82, 2.24) is 20.1 Å². The van der Waals surface area contributed by atoms with Crippen molar-refractivity contribution in [2.24, 2.45) is 0 Å². The minimum absolute atomic E-state index is 0.707. The molecule has 0 fully saturated rings. The molecule has 2 aromatic heterocycles. The van der Waals surface area contributed by atoms with Gasteiger partial charge in [-0.3, -0.25) is 10.00 Å². The van der Waals surface area contributed by atoms with Crippen LogP contribution in [0.4, 0.5) is 0 Å². The molecule has 0 radical (unpaired) electrons. The van der Waals surface area contributed by atoms with Gasteiger partial charge in [0, 0.05) is 24.2 Å². The van der Waals surface area contributed by atoms with Crippen LogP contribution in [0, 0.1) is 0 Å². The van der Waals surface area contributed by atoms with Crippen LogP contribution in [0.15, 0.2) is 30.3 Å². The van der Waals surface area contributed by atoms with Crippen LogP contribution in [0.5, 0.6) is 0 Å². The number of nitrogens with one attached hydrogen (secondary N) is 1. The number of para-hydroxylation sites is 1. The first kappa shape index (κ1) is 15.6. The molecule has 0 unspecified atom stereocenters. The average molecular weight is 341 g/mol. The van der Waals surface area contributed by atoms with Gasteiger partial charge in [-0.2, -0.15) is 5.10 Å². The quantitative estimate of drug-likeness (QED) is 0.777. The zero-order valence-corrected chi connectivity index (χ0v) is 14.6. The van der Waals surface area contributed by atoms with Gasteiger partial charge in [-0.15, -0.1) is 0 Å². The van der Waals surface area contributed by atoms with E-state index in [1.165, 1.54) is 29.8 Å². The van der Waals surface area contributed by atoms with Crippen molar-refractivity contribution in [2.75, 3.05) is 7.05 Å². The lowest BCUT2D eigenvalue weighted by Gasteiger charge is -2.17. The van der Waals surface area contributed by atoms with Crippen LogP contribution in [0.2, 0.25) is 5.02 Å². The largest absolute Gasteiger partial charge is 0.295 e. The Labute approximate surface area is 146 Å². The van der Waals surface area contributed by atoms with Crippen LogP contribution in [0.25, 0.3) is 10.9 Å². The molecule has 1 N–H and O–H groups in total. The number of nitrogens with zero attached hydrogens (tertiary/aromatic N) is 3. The summed E-state index contributed by atoms with van der Waals surface area (Å²) in [6, 6.07) is 10.1.